The summed E-state index contributed by atoms with van der Waals surface area (Å²) in [7, 11) is 0. The van der Waals surface area contributed by atoms with Gasteiger partial charge in [-0.15, -0.1) is 11.3 Å². The van der Waals surface area contributed by atoms with Crippen molar-refractivity contribution in [1.29, 1.82) is 0 Å². The van der Waals surface area contributed by atoms with Gasteiger partial charge in [0.1, 0.15) is 5.01 Å². The molecule has 0 spiro atoms. The van der Waals surface area contributed by atoms with Gasteiger partial charge >= 0.3 is 0 Å². The van der Waals surface area contributed by atoms with Gasteiger partial charge in [-0.25, -0.2) is 4.98 Å². The highest BCUT2D eigenvalue weighted by atomic mass is 32.1. The molecule has 0 aliphatic rings. The minimum atomic E-state index is 0.338. The zero-order valence-electron chi connectivity index (χ0n) is 10.5. The van der Waals surface area contributed by atoms with Crippen molar-refractivity contribution in [2.45, 2.75) is 39.7 Å². The molecule has 0 bridgehead atoms. The second-order valence-corrected chi connectivity index (χ2v) is 5.24. The Labute approximate surface area is 102 Å². The number of hydrogen-bond acceptors (Lipinski definition) is 4. The molecule has 0 aromatic carbocycles. The molecule has 0 saturated carbocycles. The van der Waals surface area contributed by atoms with Crippen molar-refractivity contribution in [3.63, 3.8) is 0 Å². The lowest BCUT2D eigenvalue weighted by Gasteiger charge is -2.17. The molecule has 0 aliphatic heterocycles. The summed E-state index contributed by atoms with van der Waals surface area (Å²) in [6.07, 6.45) is 2.40. The number of nitrogens with zero attached hydrogens (tertiary/aromatic N) is 1. The van der Waals surface area contributed by atoms with E-state index in [0.717, 1.165) is 18.8 Å². The Morgan fingerprint density at radius 1 is 1.56 bits per heavy atom. The van der Waals surface area contributed by atoms with Gasteiger partial charge in [-0.3, -0.25) is 0 Å². The lowest BCUT2D eigenvalue weighted by molar-refractivity contribution is 0.423. The molecular formula is C12H23N3S. The molecule has 1 heterocycles. The number of hydrogen-bond donors (Lipinski definition) is 2. The van der Waals surface area contributed by atoms with Gasteiger partial charge in [0.05, 0.1) is 6.04 Å². The average molecular weight is 241 g/mol. The van der Waals surface area contributed by atoms with Crippen LogP contribution < -0.4 is 11.1 Å². The average Bonchev–Trinajstić information content (AvgIpc) is 2.70. The fourth-order valence-corrected chi connectivity index (χ4v) is 2.54. The fourth-order valence-electron chi connectivity index (χ4n) is 1.71. The summed E-state index contributed by atoms with van der Waals surface area (Å²) >= 11 is 1.73. The van der Waals surface area contributed by atoms with Crippen molar-refractivity contribution in [1.82, 2.24) is 10.3 Å². The van der Waals surface area contributed by atoms with Gasteiger partial charge in [0.2, 0.25) is 0 Å². The standard InChI is InChI=1S/C12H23N3S/c1-4-5-11(6-13)7-14-10(3)12-15-9(2)8-16-12/h8,10-11,14H,4-7,13H2,1-3H3. The Morgan fingerprint density at radius 3 is 2.81 bits per heavy atom. The predicted molar refractivity (Wildman–Crippen MR) is 70.7 cm³/mol. The van der Waals surface area contributed by atoms with Crippen molar-refractivity contribution in [3.8, 4) is 0 Å². The first-order valence-electron chi connectivity index (χ1n) is 6.02. The minimum Gasteiger partial charge on any atom is -0.330 e. The number of thiazole rings is 1. The van der Waals surface area contributed by atoms with Gasteiger partial charge in [-0.05, 0) is 39.3 Å². The van der Waals surface area contributed by atoms with Crippen LogP contribution in [0.15, 0.2) is 5.38 Å². The van der Waals surface area contributed by atoms with Crippen molar-refractivity contribution in [2.24, 2.45) is 11.7 Å². The van der Waals surface area contributed by atoms with Gasteiger partial charge < -0.3 is 11.1 Å². The second-order valence-electron chi connectivity index (χ2n) is 4.35. The van der Waals surface area contributed by atoms with Crippen LogP contribution in [0.3, 0.4) is 0 Å². The van der Waals surface area contributed by atoms with Gasteiger partial charge in [0, 0.05) is 11.1 Å². The molecule has 0 radical (unpaired) electrons. The van der Waals surface area contributed by atoms with Crippen LogP contribution in [0.5, 0.6) is 0 Å². The molecule has 1 rings (SSSR count). The van der Waals surface area contributed by atoms with Gasteiger partial charge in [-0.1, -0.05) is 13.3 Å². The number of aromatic nitrogens is 1. The molecule has 92 valence electrons. The summed E-state index contributed by atoms with van der Waals surface area (Å²) in [5.41, 5.74) is 6.84. The maximum Gasteiger partial charge on any atom is 0.110 e. The van der Waals surface area contributed by atoms with Crippen LogP contribution in [-0.2, 0) is 0 Å². The van der Waals surface area contributed by atoms with E-state index in [1.165, 1.54) is 17.8 Å². The smallest absolute Gasteiger partial charge is 0.110 e. The van der Waals surface area contributed by atoms with Gasteiger partial charge in [-0.2, -0.15) is 0 Å². The zero-order chi connectivity index (χ0) is 12.0. The van der Waals surface area contributed by atoms with E-state index in [1.54, 1.807) is 11.3 Å². The number of nitrogens with one attached hydrogen (secondary N) is 1. The molecule has 0 amide bonds. The van der Waals surface area contributed by atoms with Crippen LogP contribution in [0.4, 0.5) is 0 Å². The molecule has 1 aromatic rings. The van der Waals surface area contributed by atoms with Crippen LogP contribution in [0.1, 0.15) is 43.4 Å². The van der Waals surface area contributed by atoms with Crippen LogP contribution in [0, 0.1) is 12.8 Å². The Hall–Kier alpha value is -0.450. The summed E-state index contributed by atoms with van der Waals surface area (Å²) in [5.74, 6) is 0.591. The summed E-state index contributed by atoms with van der Waals surface area (Å²) in [5, 5.41) is 6.78. The fraction of sp³-hybridized carbons (Fsp3) is 0.750. The van der Waals surface area contributed by atoms with E-state index >= 15 is 0 Å². The number of nitrogens with two attached hydrogens (primary N) is 1. The van der Waals surface area contributed by atoms with Crippen LogP contribution in [-0.4, -0.2) is 18.1 Å². The Balaban J connectivity index is 2.36. The lowest BCUT2D eigenvalue weighted by atomic mass is 10.0. The summed E-state index contributed by atoms with van der Waals surface area (Å²) in [6, 6.07) is 0.338. The van der Waals surface area contributed by atoms with Crippen molar-refractivity contribution in [3.05, 3.63) is 16.1 Å². The van der Waals surface area contributed by atoms with Crippen LogP contribution in [0.2, 0.25) is 0 Å². The maximum absolute atomic E-state index is 5.73. The molecule has 16 heavy (non-hydrogen) atoms. The number of rotatable bonds is 7. The lowest BCUT2D eigenvalue weighted by Crippen LogP contribution is -2.30. The largest absolute Gasteiger partial charge is 0.330 e. The molecule has 0 fully saturated rings. The van der Waals surface area contributed by atoms with Gasteiger partial charge in [0.15, 0.2) is 0 Å². The van der Waals surface area contributed by atoms with E-state index in [4.69, 9.17) is 5.73 Å². The van der Waals surface area contributed by atoms with E-state index in [2.05, 4.69) is 29.5 Å². The van der Waals surface area contributed by atoms with E-state index in [0.29, 0.717) is 12.0 Å². The molecule has 2 atom stereocenters. The Bertz CT molecular complexity index is 298. The molecule has 0 aliphatic carbocycles. The minimum absolute atomic E-state index is 0.338. The third-order valence-electron chi connectivity index (χ3n) is 2.75. The predicted octanol–water partition coefficient (Wildman–Crippen LogP) is 2.48. The first kappa shape index (κ1) is 13.6. The van der Waals surface area contributed by atoms with E-state index in [1.807, 2.05) is 6.92 Å². The molecule has 3 nitrogen and oxygen atoms in total. The SMILES string of the molecule is CCCC(CN)CNC(C)c1nc(C)cs1. The van der Waals surface area contributed by atoms with Crippen molar-refractivity contribution >= 4 is 11.3 Å². The van der Waals surface area contributed by atoms with E-state index in [-0.39, 0.29) is 0 Å². The third kappa shape index (κ3) is 4.20. The van der Waals surface area contributed by atoms with Crippen molar-refractivity contribution < 1.29 is 0 Å². The first-order valence-corrected chi connectivity index (χ1v) is 6.90. The summed E-state index contributed by atoms with van der Waals surface area (Å²) in [4.78, 5) is 4.49. The monoisotopic (exact) mass is 241 g/mol. The zero-order valence-corrected chi connectivity index (χ0v) is 11.3. The topological polar surface area (TPSA) is 50.9 Å². The maximum atomic E-state index is 5.73. The Morgan fingerprint density at radius 2 is 2.31 bits per heavy atom. The molecule has 3 N–H and O–H groups in total. The van der Waals surface area contributed by atoms with Gasteiger partial charge in [0.25, 0.3) is 0 Å². The highest BCUT2D eigenvalue weighted by molar-refractivity contribution is 7.09. The molecule has 1 aromatic heterocycles. The summed E-state index contributed by atoms with van der Waals surface area (Å²) in [6.45, 7) is 8.16. The molecular weight excluding hydrogens is 218 g/mol. The summed E-state index contributed by atoms with van der Waals surface area (Å²) < 4.78 is 0. The quantitative estimate of drug-likeness (QED) is 0.771. The molecule has 0 saturated heterocycles. The molecule has 4 heteroatoms. The normalized spacial score (nSPS) is 15.0. The highest BCUT2D eigenvalue weighted by Crippen LogP contribution is 2.17. The highest BCUT2D eigenvalue weighted by Gasteiger charge is 2.11. The Kier molecular flexibility index (Phi) is 5.95. The second kappa shape index (κ2) is 6.99. The van der Waals surface area contributed by atoms with Crippen molar-refractivity contribution in [2.75, 3.05) is 13.1 Å². The number of aryl methyl sites for hydroxylation is 1. The van der Waals surface area contributed by atoms with Crippen LogP contribution in [0.25, 0.3) is 0 Å². The molecule has 2 unspecified atom stereocenters. The first-order chi connectivity index (χ1) is 7.67. The van der Waals surface area contributed by atoms with Crippen LogP contribution >= 0.6 is 11.3 Å². The van der Waals surface area contributed by atoms with E-state index < -0.39 is 0 Å². The third-order valence-corrected chi connectivity index (χ3v) is 3.90. The van der Waals surface area contributed by atoms with E-state index in [9.17, 15) is 0 Å².